The third kappa shape index (κ3) is 3.44. The van der Waals surface area contributed by atoms with Crippen molar-refractivity contribution in [2.45, 2.75) is 26.3 Å². The lowest BCUT2D eigenvalue weighted by atomic mass is 9.96. The van der Waals surface area contributed by atoms with Gasteiger partial charge in [-0.15, -0.1) is 5.10 Å². The summed E-state index contributed by atoms with van der Waals surface area (Å²) in [6, 6.07) is 5.53. The van der Waals surface area contributed by atoms with Gasteiger partial charge in [-0.2, -0.15) is 0 Å². The van der Waals surface area contributed by atoms with E-state index in [4.69, 9.17) is 0 Å². The van der Waals surface area contributed by atoms with Gasteiger partial charge in [0.25, 0.3) is 0 Å². The smallest absolute Gasteiger partial charge is 0.350 e. The van der Waals surface area contributed by atoms with Crippen LogP contribution >= 0.6 is 0 Å². The number of nitrogens with zero attached hydrogens (tertiary/aromatic N) is 4. The Labute approximate surface area is 134 Å². The number of likely N-dealkylation sites (tertiary alicyclic amines) is 1. The molecule has 0 spiro atoms. The highest BCUT2D eigenvalue weighted by molar-refractivity contribution is 5.78. The summed E-state index contributed by atoms with van der Waals surface area (Å²) in [6.45, 7) is 5.78. The Kier molecular flexibility index (Phi) is 4.76. The van der Waals surface area contributed by atoms with Crippen LogP contribution in [0.15, 0.2) is 29.2 Å². The Bertz CT molecular complexity index is 727. The molecule has 0 unspecified atom stereocenters. The molecule has 2 aromatic heterocycles. The van der Waals surface area contributed by atoms with Crippen LogP contribution in [-0.4, -0.2) is 51.2 Å². The van der Waals surface area contributed by atoms with Crippen LogP contribution in [0.1, 0.15) is 19.8 Å². The highest BCUT2D eigenvalue weighted by atomic mass is 16.2. The zero-order valence-corrected chi connectivity index (χ0v) is 13.4. The molecule has 3 heterocycles. The molecular formula is C16H23N5O2. The molecule has 0 aromatic carbocycles. The number of piperidine rings is 1. The lowest BCUT2D eigenvalue weighted by molar-refractivity contribution is -0.126. The number of hydrogen-bond donors (Lipinski definition) is 1. The molecule has 0 saturated carbocycles. The molecule has 1 amide bonds. The molecule has 3 rings (SSSR count). The summed E-state index contributed by atoms with van der Waals surface area (Å²) < 4.78 is 3.08. The van der Waals surface area contributed by atoms with Gasteiger partial charge in [0.2, 0.25) is 5.91 Å². The van der Waals surface area contributed by atoms with E-state index in [0.717, 1.165) is 32.5 Å². The number of fused-ring (bicyclic) bond motifs is 1. The molecule has 2 aromatic rings. The van der Waals surface area contributed by atoms with Gasteiger partial charge in [-0.3, -0.25) is 9.20 Å². The van der Waals surface area contributed by atoms with E-state index >= 15 is 0 Å². The second-order valence-electron chi connectivity index (χ2n) is 5.95. The molecule has 1 saturated heterocycles. The lowest BCUT2D eigenvalue weighted by Gasteiger charge is -2.30. The van der Waals surface area contributed by atoms with Gasteiger partial charge in [-0.25, -0.2) is 9.48 Å². The Hall–Kier alpha value is -2.15. The Morgan fingerprint density at radius 2 is 2.09 bits per heavy atom. The molecule has 1 fully saturated rings. The van der Waals surface area contributed by atoms with E-state index in [-0.39, 0.29) is 17.5 Å². The minimum absolute atomic E-state index is 0.0993. The first-order valence-corrected chi connectivity index (χ1v) is 8.23. The second kappa shape index (κ2) is 6.95. The molecule has 0 radical (unpaired) electrons. The predicted molar refractivity (Wildman–Crippen MR) is 87.3 cm³/mol. The number of carbonyl (C=O) groups excluding carboxylic acids is 1. The van der Waals surface area contributed by atoms with E-state index in [1.54, 1.807) is 10.6 Å². The summed E-state index contributed by atoms with van der Waals surface area (Å²) in [5.41, 5.74) is 0.574. The molecule has 7 nitrogen and oxygen atoms in total. The number of carbonyl (C=O) groups is 1. The van der Waals surface area contributed by atoms with Crippen molar-refractivity contribution >= 4 is 11.6 Å². The van der Waals surface area contributed by atoms with Gasteiger partial charge in [0, 0.05) is 25.2 Å². The van der Waals surface area contributed by atoms with Crippen LogP contribution in [0.5, 0.6) is 0 Å². The maximum absolute atomic E-state index is 12.2. The van der Waals surface area contributed by atoms with Crippen molar-refractivity contribution in [3.05, 3.63) is 34.9 Å². The van der Waals surface area contributed by atoms with Gasteiger partial charge in [0.05, 0.1) is 6.54 Å². The number of amides is 1. The van der Waals surface area contributed by atoms with Crippen LogP contribution < -0.4 is 11.0 Å². The molecule has 1 aliphatic rings. The van der Waals surface area contributed by atoms with Gasteiger partial charge in [0.15, 0.2) is 5.65 Å². The van der Waals surface area contributed by atoms with E-state index in [1.165, 1.54) is 4.68 Å². The normalized spacial score (nSPS) is 16.7. The maximum Gasteiger partial charge on any atom is 0.350 e. The fourth-order valence-electron chi connectivity index (χ4n) is 3.09. The topological polar surface area (TPSA) is 71.6 Å². The zero-order chi connectivity index (χ0) is 16.2. The molecule has 0 aliphatic carbocycles. The van der Waals surface area contributed by atoms with Crippen LogP contribution in [0.3, 0.4) is 0 Å². The standard InChI is InChI=1S/C16H23N5O2/c1-2-17-15(22)13-6-9-19(10-7-13)11-12-21-16(23)20-8-4-3-5-14(20)18-21/h3-5,8,13H,2,6-7,9-12H2,1H3,(H,17,22). The first-order valence-electron chi connectivity index (χ1n) is 8.23. The summed E-state index contributed by atoms with van der Waals surface area (Å²) in [5, 5.41) is 7.24. The highest BCUT2D eigenvalue weighted by Crippen LogP contribution is 2.17. The van der Waals surface area contributed by atoms with E-state index in [2.05, 4.69) is 15.3 Å². The Morgan fingerprint density at radius 3 is 2.78 bits per heavy atom. The minimum atomic E-state index is -0.0993. The fraction of sp³-hybridized carbons (Fsp3) is 0.562. The van der Waals surface area contributed by atoms with E-state index < -0.39 is 0 Å². The van der Waals surface area contributed by atoms with Crippen molar-refractivity contribution in [2.75, 3.05) is 26.2 Å². The summed E-state index contributed by atoms with van der Waals surface area (Å²) in [4.78, 5) is 26.3. The first-order chi connectivity index (χ1) is 11.2. The number of pyridine rings is 1. The quantitative estimate of drug-likeness (QED) is 0.863. The SMILES string of the molecule is CCNC(=O)C1CCN(CCn2nc3ccccn3c2=O)CC1. The number of rotatable bonds is 5. The summed E-state index contributed by atoms with van der Waals surface area (Å²) >= 11 is 0. The predicted octanol–water partition coefficient (Wildman–Crippen LogP) is 0.344. The summed E-state index contributed by atoms with van der Waals surface area (Å²) in [6.07, 6.45) is 3.50. The molecule has 1 aliphatic heterocycles. The van der Waals surface area contributed by atoms with Crippen molar-refractivity contribution < 1.29 is 4.79 Å². The van der Waals surface area contributed by atoms with Crippen molar-refractivity contribution in [1.29, 1.82) is 0 Å². The Morgan fingerprint density at radius 1 is 1.30 bits per heavy atom. The van der Waals surface area contributed by atoms with Crippen LogP contribution in [0.4, 0.5) is 0 Å². The van der Waals surface area contributed by atoms with Gasteiger partial charge in [-0.1, -0.05) is 6.07 Å². The molecule has 0 bridgehead atoms. The van der Waals surface area contributed by atoms with Crippen LogP contribution in [0.2, 0.25) is 0 Å². The molecule has 0 atom stereocenters. The van der Waals surface area contributed by atoms with Gasteiger partial charge >= 0.3 is 5.69 Å². The van der Waals surface area contributed by atoms with Crippen molar-refractivity contribution in [3.63, 3.8) is 0 Å². The van der Waals surface area contributed by atoms with Crippen LogP contribution in [-0.2, 0) is 11.3 Å². The van der Waals surface area contributed by atoms with Crippen molar-refractivity contribution in [3.8, 4) is 0 Å². The molecular weight excluding hydrogens is 294 g/mol. The number of hydrogen-bond acceptors (Lipinski definition) is 4. The fourth-order valence-corrected chi connectivity index (χ4v) is 3.09. The van der Waals surface area contributed by atoms with Crippen LogP contribution in [0.25, 0.3) is 5.65 Å². The van der Waals surface area contributed by atoms with E-state index in [0.29, 0.717) is 18.7 Å². The third-order valence-electron chi connectivity index (χ3n) is 4.43. The highest BCUT2D eigenvalue weighted by Gasteiger charge is 2.24. The monoisotopic (exact) mass is 317 g/mol. The van der Waals surface area contributed by atoms with Gasteiger partial charge < -0.3 is 10.2 Å². The van der Waals surface area contributed by atoms with Gasteiger partial charge in [-0.05, 0) is 45.0 Å². The Balaban J connectivity index is 1.54. The van der Waals surface area contributed by atoms with Crippen molar-refractivity contribution in [2.24, 2.45) is 5.92 Å². The average Bonchev–Trinajstić information content (AvgIpc) is 2.90. The summed E-state index contributed by atoms with van der Waals surface area (Å²) in [7, 11) is 0. The number of nitrogens with one attached hydrogen (secondary N) is 1. The maximum atomic E-state index is 12.2. The first kappa shape index (κ1) is 15.7. The van der Waals surface area contributed by atoms with E-state index in [1.807, 2.05) is 25.1 Å². The van der Waals surface area contributed by atoms with Crippen molar-refractivity contribution in [1.82, 2.24) is 24.4 Å². The van der Waals surface area contributed by atoms with E-state index in [9.17, 15) is 9.59 Å². The molecule has 23 heavy (non-hydrogen) atoms. The molecule has 7 heteroatoms. The van der Waals surface area contributed by atoms with Crippen LogP contribution in [0, 0.1) is 5.92 Å². The molecule has 124 valence electrons. The zero-order valence-electron chi connectivity index (χ0n) is 13.4. The lowest BCUT2D eigenvalue weighted by Crippen LogP contribution is -2.42. The number of aromatic nitrogens is 3. The summed E-state index contributed by atoms with van der Waals surface area (Å²) in [5.74, 6) is 0.299. The molecule has 1 N–H and O–H groups in total. The minimum Gasteiger partial charge on any atom is -0.356 e. The average molecular weight is 317 g/mol. The third-order valence-corrected chi connectivity index (χ3v) is 4.43. The second-order valence-corrected chi connectivity index (χ2v) is 5.95. The van der Waals surface area contributed by atoms with Gasteiger partial charge in [0.1, 0.15) is 0 Å². The largest absolute Gasteiger partial charge is 0.356 e.